The Morgan fingerprint density at radius 3 is 2.58 bits per heavy atom. The first kappa shape index (κ1) is 23.2. The van der Waals surface area contributed by atoms with Crippen LogP contribution in [0.2, 0.25) is 0 Å². The van der Waals surface area contributed by atoms with E-state index in [1.165, 1.54) is 50.9 Å². The summed E-state index contributed by atoms with van der Waals surface area (Å²) in [6, 6.07) is 0.523. The van der Waals surface area contributed by atoms with Crippen molar-refractivity contribution in [3.63, 3.8) is 0 Å². The van der Waals surface area contributed by atoms with Crippen molar-refractivity contribution in [1.29, 1.82) is 0 Å². The van der Waals surface area contributed by atoms with Gasteiger partial charge >= 0.3 is 0 Å². The smallest absolute Gasteiger partial charge is 0.191 e. The van der Waals surface area contributed by atoms with E-state index in [0.29, 0.717) is 6.04 Å². The number of halogens is 1. The fourth-order valence-electron chi connectivity index (χ4n) is 3.33. The number of aromatic nitrogens is 1. The Labute approximate surface area is 175 Å². The molecule has 7 heteroatoms. The monoisotopic (exact) mass is 477 g/mol. The van der Waals surface area contributed by atoms with Crippen LogP contribution in [-0.4, -0.2) is 54.8 Å². The lowest BCUT2D eigenvalue weighted by atomic mass is 10.0. The highest BCUT2D eigenvalue weighted by Gasteiger charge is 2.19. The molecular weight excluding hydrogens is 441 g/mol. The van der Waals surface area contributed by atoms with Gasteiger partial charge in [-0.15, -0.1) is 24.0 Å². The van der Waals surface area contributed by atoms with Crippen LogP contribution in [0.3, 0.4) is 0 Å². The molecule has 1 saturated heterocycles. The van der Waals surface area contributed by atoms with Crippen molar-refractivity contribution < 1.29 is 4.52 Å². The number of aryl methyl sites for hydroxylation is 2. The first-order valence-electron chi connectivity index (χ1n) is 9.83. The van der Waals surface area contributed by atoms with Gasteiger partial charge in [0.1, 0.15) is 5.76 Å². The Kier molecular flexibility index (Phi) is 11.2. The number of rotatable bonds is 8. The Hall–Kier alpha value is -0.830. The van der Waals surface area contributed by atoms with Gasteiger partial charge in [0.25, 0.3) is 0 Å². The zero-order chi connectivity index (χ0) is 18.1. The molecule has 0 saturated carbocycles. The number of guanidine groups is 1. The molecule has 2 rings (SSSR count). The average molecular weight is 477 g/mol. The first-order valence-corrected chi connectivity index (χ1v) is 9.83. The predicted molar refractivity (Wildman–Crippen MR) is 119 cm³/mol. The number of nitrogens with one attached hydrogen (secondary N) is 2. The lowest BCUT2D eigenvalue weighted by Crippen LogP contribution is -2.48. The maximum atomic E-state index is 5.23. The molecule has 2 N–H and O–H groups in total. The number of aliphatic imine (C=N–C) groups is 1. The largest absolute Gasteiger partial charge is 0.361 e. The predicted octanol–water partition coefficient (Wildman–Crippen LogP) is 3.27. The van der Waals surface area contributed by atoms with E-state index in [4.69, 9.17) is 9.52 Å². The first-order chi connectivity index (χ1) is 12.1. The van der Waals surface area contributed by atoms with Crippen LogP contribution < -0.4 is 10.6 Å². The lowest BCUT2D eigenvalue weighted by molar-refractivity contribution is 0.203. The van der Waals surface area contributed by atoms with Crippen LogP contribution in [-0.2, 0) is 6.42 Å². The summed E-state index contributed by atoms with van der Waals surface area (Å²) in [5, 5.41) is 11.0. The zero-order valence-corrected chi connectivity index (χ0v) is 19.1. The molecule has 2 heterocycles. The van der Waals surface area contributed by atoms with Gasteiger partial charge in [0.15, 0.2) is 5.96 Å². The number of hydrogen-bond donors (Lipinski definition) is 2. The minimum absolute atomic E-state index is 0. The van der Waals surface area contributed by atoms with Crippen molar-refractivity contribution in [3.05, 3.63) is 17.0 Å². The molecule has 0 spiro atoms. The van der Waals surface area contributed by atoms with Gasteiger partial charge in [0, 0.05) is 37.8 Å². The van der Waals surface area contributed by atoms with Crippen molar-refractivity contribution in [2.75, 3.05) is 32.7 Å². The number of unbranched alkanes of at least 4 members (excludes halogenated alkanes) is 1. The Morgan fingerprint density at radius 1 is 1.27 bits per heavy atom. The second-order valence-corrected chi connectivity index (χ2v) is 6.93. The highest BCUT2D eigenvalue weighted by Crippen LogP contribution is 2.13. The van der Waals surface area contributed by atoms with E-state index in [9.17, 15) is 0 Å². The van der Waals surface area contributed by atoms with E-state index in [0.717, 1.165) is 36.9 Å². The fraction of sp³-hybridized carbons (Fsp3) is 0.789. The number of likely N-dealkylation sites (tertiary alicyclic amines) is 1. The van der Waals surface area contributed by atoms with Gasteiger partial charge in [-0.2, -0.15) is 0 Å². The Bertz CT molecular complexity index is 519. The van der Waals surface area contributed by atoms with E-state index in [-0.39, 0.29) is 24.0 Å². The lowest BCUT2D eigenvalue weighted by Gasteiger charge is -2.33. The van der Waals surface area contributed by atoms with E-state index in [2.05, 4.69) is 34.5 Å². The summed E-state index contributed by atoms with van der Waals surface area (Å²) in [4.78, 5) is 7.33. The van der Waals surface area contributed by atoms with E-state index in [1.807, 2.05) is 13.8 Å². The van der Waals surface area contributed by atoms with Gasteiger partial charge in [-0.3, -0.25) is 4.99 Å². The molecule has 0 atom stereocenters. The quantitative estimate of drug-likeness (QED) is 0.342. The van der Waals surface area contributed by atoms with Gasteiger partial charge in [-0.05, 0) is 53.0 Å². The summed E-state index contributed by atoms with van der Waals surface area (Å²) in [6.45, 7) is 13.6. The molecular formula is C19H36IN5O. The molecule has 0 bridgehead atoms. The summed E-state index contributed by atoms with van der Waals surface area (Å²) in [5.41, 5.74) is 2.16. The molecule has 6 nitrogen and oxygen atoms in total. The van der Waals surface area contributed by atoms with Crippen molar-refractivity contribution in [3.8, 4) is 0 Å². The summed E-state index contributed by atoms with van der Waals surface area (Å²) < 4.78 is 5.23. The molecule has 1 aliphatic heterocycles. The van der Waals surface area contributed by atoms with Gasteiger partial charge < -0.3 is 20.1 Å². The molecule has 0 unspecified atom stereocenters. The number of piperidine rings is 1. The third-order valence-electron chi connectivity index (χ3n) is 4.91. The maximum Gasteiger partial charge on any atom is 0.191 e. The van der Waals surface area contributed by atoms with Crippen LogP contribution in [0.15, 0.2) is 9.52 Å². The van der Waals surface area contributed by atoms with E-state index >= 15 is 0 Å². The molecule has 0 radical (unpaired) electrons. The van der Waals surface area contributed by atoms with E-state index < -0.39 is 0 Å². The normalized spacial score (nSPS) is 16.4. The fourth-order valence-corrected chi connectivity index (χ4v) is 3.33. The van der Waals surface area contributed by atoms with Crippen LogP contribution in [0.5, 0.6) is 0 Å². The van der Waals surface area contributed by atoms with Crippen LogP contribution in [0.1, 0.15) is 56.5 Å². The minimum Gasteiger partial charge on any atom is -0.361 e. The minimum atomic E-state index is 0. The van der Waals surface area contributed by atoms with Crippen LogP contribution in [0.4, 0.5) is 0 Å². The second kappa shape index (κ2) is 12.5. The molecule has 26 heavy (non-hydrogen) atoms. The van der Waals surface area contributed by atoms with Crippen molar-refractivity contribution in [2.24, 2.45) is 4.99 Å². The molecule has 150 valence electrons. The second-order valence-electron chi connectivity index (χ2n) is 6.93. The Balaban J connectivity index is 0.00000338. The molecule has 1 aromatic heterocycles. The third kappa shape index (κ3) is 7.42. The maximum absolute atomic E-state index is 5.23. The molecule has 0 aromatic carbocycles. The van der Waals surface area contributed by atoms with Crippen LogP contribution >= 0.6 is 24.0 Å². The third-order valence-corrected chi connectivity index (χ3v) is 4.91. The molecule has 1 aromatic rings. The highest BCUT2D eigenvalue weighted by molar-refractivity contribution is 14.0. The van der Waals surface area contributed by atoms with Crippen LogP contribution in [0.25, 0.3) is 0 Å². The van der Waals surface area contributed by atoms with Gasteiger partial charge in [0.2, 0.25) is 0 Å². The molecule has 0 amide bonds. The van der Waals surface area contributed by atoms with E-state index in [1.54, 1.807) is 0 Å². The van der Waals surface area contributed by atoms with Crippen molar-refractivity contribution in [2.45, 2.75) is 65.8 Å². The zero-order valence-electron chi connectivity index (χ0n) is 16.8. The number of hydrogen-bond acceptors (Lipinski definition) is 4. The standard InChI is InChI=1S/C19H35N5O.HI/c1-5-7-12-24-13-9-17(10-14-24)22-19(20-6-2)21-11-8-18-15(3)23-25-16(18)4;/h17H,5-14H2,1-4H3,(H2,20,21,22);1H. The summed E-state index contributed by atoms with van der Waals surface area (Å²) >= 11 is 0. The van der Waals surface area contributed by atoms with Gasteiger partial charge in [-0.25, -0.2) is 0 Å². The molecule has 1 fully saturated rings. The van der Waals surface area contributed by atoms with Crippen molar-refractivity contribution in [1.82, 2.24) is 20.7 Å². The van der Waals surface area contributed by atoms with Gasteiger partial charge in [-0.1, -0.05) is 18.5 Å². The topological polar surface area (TPSA) is 65.7 Å². The highest BCUT2D eigenvalue weighted by atomic mass is 127. The van der Waals surface area contributed by atoms with Crippen LogP contribution in [0, 0.1) is 13.8 Å². The van der Waals surface area contributed by atoms with Gasteiger partial charge in [0.05, 0.1) is 5.69 Å². The SMILES string of the molecule is CCCCN1CCC(NC(=NCCc2c(C)noc2C)NCC)CC1.I. The summed E-state index contributed by atoms with van der Waals surface area (Å²) in [7, 11) is 0. The van der Waals surface area contributed by atoms with Crippen molar-refractivity contribution >= 4 is 29.9 Å². The molecule has 0 aliphatic carbocycles. The average Bonchev–Trinajstić information content (AvgIpc) is 2.93. The summed E-state index contributed by atoms with van der Waals surface area (Å²) in [5.74, 6) is 1.84. The number of nitrogens with zero attached hydrogens (tertiary/aromatic N) is 3. The summed E-state index contributed by atoms with van der Waals surface area (Å²) in [6.07, 6.45) is 5.84. The molecule has 1 aliphatic rings. The Morgan fingerprint density at radius 2 is 2.00 bits per heavy atom.